The summed E-state index contributed by atoms with van der Waals surface area (Å²) in [6.45, 7) is 6.29. The van der Waals surface area contributed by atoms with Crippen LogP contribution in [0, 0.1) is 28.6 Å². The first-order valence-corrected chi connectivity index (χ1v) is 10.7. The second-order valence-corrected chi connectivity index (χ2v) is 9.76. The van der Waals surface area contributed by atoms with Gasteiger partial charge in [-0.15, -0.1) is 0 Å². The molecule has 0 spiro atoms. The number of nitrogens with zero attached hydrogens (tertiary/aromatic N) is 1. The molecule has 0 heterocycles. The number of nitrogens with two attached hydrogens (primary N) is 1. The molecule has 6 heteroatoms. The van der Waals surface area contributed by atoms with Gasteiger partial charge < -0.3 is 10.5 Å². The third kappa shape index (κ3) is 3.05. The predicted octanol–water partition coefficient (Wildman–Crippen LogP) is 3.91. The Labute approximate surface area is 167 Å². The van der Waals surface area contributed by atoms with Crippen molar-refractivity contribution in [3.63, 3.8) is 0 Å². The van der Waals surface area contributed by atoms with E-state index in [0.29, 0.717) is 17.8 Å². The Morgan fingerprint density at radius 1 is 1.18 bits per heavy atom. The molecule has 0 saturated heterocycles. The van der Waals surface area contributed by atoms with Crippen LogP contribution in [0.3, 0.4) is 0 Å². The minimum absolute atomic E-state index is 0.0484. The van der Waals surface area contributed by atoms with Gasteiger partial charge in [0, 0.05) is 24.5 Å². The molecule has 0 aliphatic heterocycles. The maximum Gasteiger partial charge on any atom is 0.332 e. The van der Waals surface area contributed by atoms with E-state index in [4.69, 9.17) is 10.5 Å². The Kier molecular flexibility index (Phi) is 4.79. The van der Waals surface area contributed by atoms with Crippen LogP contribution in [0.5, 0.6) is 0 Å². The number of urea groups is 1. The van der Waals surface area contributed by atoms with Crippen LogP contribution < -0.4 is 11.2 Å². The standard InChI is InChI=1S/C22H33N3O3/c1-13(26)28-15-8-10-21(2)14(12-15)4-5-16-17-6-7-19(24-25-20(23)27)22(17,3)11-9-18(16)21/h4,15-18H,5-12H2,1-3H3,(H3,23,25,27)/b24-19+/t15-,16-,17+,18-,21-,22-/m0/s1. The summed E-state index contributed by atoms with van der Waals surface area (Å²) in [4.78, 5) is 22.5. The number of nitrogens with one attached hydrogen (secondary N) is 1. The Morgan fingerprint density at radius 2 is 1.89 bits per heavy atom. The topological polar surface area (TPSA) is 93.8 Å². The summed E-state index contributed by atoms with van der Waals surface area (Å²) in [5.74, 6) is 1.80. The highest BCUT2D eigenvalue weighted by Crippen LogP contribution is 2.64. The minimum atomic E-state index is -0.587. The molecule has 0 aromatic carbocycles. The minimum Gasteiger partial charge on any atom is -0.462 e. The normalized spacial score (nSPS) is 43.4. The third-order valence-corrected chi connectivity index (χ3v) is 8.43. The predicted molar refractivity (Wildman–Crippen MR) is 107 cm³/mol. The van der Waals surface area contributed by atoms with Crippen LogP contribution in [-0.2, 0) is 9.53 Å². The fraction of sp³-hybridized carbons (Fsp3) is 0.773. The van der Waals surface area contributed by atoms with E-state index in [-0.39, 0.29) is 22.9 Å². The molecule has 0 unspecified atom stereocenters. The van der Waals surface area contributed by atoms with Crippen molar-refractivity contribution >= 4 is 17.7 Å². The van der Waals surface area contributed by atoms with E-state index < -0.39 is 6.03 Å². The zero-order chi connectivity index (χ0) is 20.1. The molecular weight excluding hydrogens is 354 g/mol. The number of amides is 2. The number of primary amides is 1. The summed E-state index contributed by atoms with van der Waals surface area (Å²) in [6, 6.07) is -0.587. The van der Waals surface area contributed by atoms with Gasteiger partial charge in [0.2, 0.25) is 0 Å². The molecule has 3 saturated carbocycles. The van der Waals surface area contributed by atoms with Gasteiger partial charge in [-0.25, -0.2) is 10.2 Å². The van der Waals surface area contributed by atoms with Crippen LogP contribution >= 0.6 is 0 Å². The van der Waals surface area contributed by atoms with Crippen molar-refractivity contribution in [1.29, 1.82) is 0 Å². The molecule has 0 radical (unpaired) electrons. The highest BCUT2D eigenvalue weighted by Gasteiger charge is 2.58. The van der Waals surface area contributed by atoms with E-state index in [1.165, 1.54) is 18.9 Å². The SMILES string of the molecule is CC(=O)O[C@H]1CC[C@@]2(C)C(=CC[C@H]3[C@H]4CC/C(=N\NC(N)=O)[C@@]4(C)CC[C@@H]32)C1. The molecule has 0 aromatic rings. The average Bonchev–Trinajstić information content (AvgIpc) is 2.96. The number of hydrogen-bond acceptors (Lipinski definition) is 4. The van der Waals surface area contributed by atoms with E-state index in [9.17, 15) is 9.59 Å². The van der Waals surface area contributed by atoms with E-state index >= 15 is 0 Å². The molecule has 6 atom stereocenters. The first-order chi connectivity index (χ1) is 13.2. The first kappa shape index (κ1) is 19.5. The molecule has 0 aromatic heterocycles. The number of fused-ring (bicyclic) bond motifs is 5. The fourth-order valence-corrected chi connectivity index (χ4v) is 7.06. The molecule has 3 fully saturated rings. The van der Waals surface area contributed by atoms with E-state index in [1.807, 2.05) is 0 Å². The summed E-state index contributed by atoms with van der Waals surface area (Å²) < 4.78 is 5.53. The highest BCUT2D eigenvalue weighted by atomic mass is 16.5. The molecule has 28 heavy (non-hydrogen) atoms. The van der Waals surface area contributed by atoms with Crippen molar-refractivity contribution in [1.82, 2.24) is 5.43 Å². The van der Waals surface area contributed by atoms with Crippen molar-refractivity contribution in [3.05, 3.63) is 11.6 Å². The molecular formula is C22H33N3O3. The van der Waals surface area contributed by atoms with Gasteiger partial charge in [0.1, 0.15) is 6.10 Å². The lowest BCUT2D eigenvalue weighted by atomic mass is 9.48. The fourth-order valence-electron chi connectivity index (χ4n) is 7.06. The summed E-state index contributed by atoms with van der Waals surface area (Å²) >= 11 is 0. The van der Waals surface area contributed by atoms with E-state index in [1.54, 1.807) is 0 Å². The molecule has 3 N–H and O–H groups in total. The number of rotatable bonds is 2. The molecule has 4 rings (SSSR count). The van der Waals surface area contributed by atoms with Crippen molar-refractivity contribution in [2.45, 2.75) is 78.2 Å². The lowest BCUT2D eigenvalue weighted by Crippen LogP contribution is -2.50. The van der Waals surface area contributed by atoms with Gasteiger partial charge in [-0.1, -0.05) is 25.5 Å². The van der Waals surface area contributed by atoms with Gasteiger partial charge in [0.15, 0.2) is 0 Å². The summed E-state index contributed by atoms with van der Waals surface area (Å²) in [5.41, 5.74) is 10.6. The lowest BCUT2D eigenvalue weighted by Gasteiger charge is -2.57. The smallest absolute Gasteiger partial charge is 0.332 e. The van der Waals surface area contributed by atoms with Gasteiger partial charge in [-0.3, -0.25) is 4.79 Å². The van der Waals surface area contributed by atoms with Gasteiger partial charge in [-0.05, 0) is 68.1 Å². The summed E-state index contributed by atoms with van der Waals surface area (Å²) in [6.07, 6.45) is 11.0. The highest BCUT2D eigenvalue weighted by molar-refractivity contribution is 5.93. The maximum atomic E-state index is 11.4. The first-order valence-electron chi connectivity index (χ1n) is 10.7. The zero-order valence-electron chi connectivity index (χ0n) is 17.3. The number of carbonyl (C=O) groups excluding carboxylic acids is 2. The van der Waals surface area contributed by atoms with Gasteiger partial charge >= 0.3 is 12.0 Å². The quantitative estimate of drug-likeness (QED) is 0.427. The van der Waals surface area contributed by atoms with Crippen molar-refractivity contribution in [2.75, 3.05) is 0 Å². The average molecular weight is 388 g/mol. The number of hydrogen-bond donors (Lipinski definition) is 2. The number of carbonyl (C=O) groups is 2. The van der Waals surface area contributed by atoms with Crippen LogP contribution in [0.25, 0.3) is 0 Å². The monoisotopic (exact) mass is 387 g/mol. The number of allylic oxidation sites excluding steroid dienone is 1. The molecule has 4 aliphatic carbocycles. The molecule has 4 aliphatic rings. The van der Waals surface area contributed by atoms with Gasteiger partial charge in [0.25, 0.3) is 0 Å². The zero-order valence-corrected chi connectivity index (χ0v) is 17.3. The van der Waals surface area contributed by atoms with Crippen LogP contribution in [0.4, 0.5) is 4.79 Å². The number of ether oxygens (including phenoxy) is 1. The van der Waals surface area contributed by atoms with E-state index in [2.05, 4.69) is 30.5 Å². The Morgan fingerprint density at radius 3 is 2.61 bits per heavy atom. The van der Waals surface area contributed by atoms with Crippen LogP contribution in [0.2, 0.25) is 0 Å². The molecule has 154 valence electrons. The van der Waals surface area contributed by atoms with Gasteiger partial charge in [-0.2, -0.15) is 5.10 Å². The molecule has 0 bridgehead atoms. The van der Waals surface area contributed by atoms with Crippen LogP contribution in [-0.4, -0.2) is 23.8 Å². The summed E-state index contributed by atoms with van der Waals surface area (Å²) in [7, 11) is 0. The lowest BCUT2D eigenvalue weighted by molar-refractivity contribution is -0.148. The Hall–Kier alpha value is -1.85. The van der Waals surface area contributed by atoms with Crippen LogP contribution in [0.15, 0.2) is 16.8 Å². The number of esters is 1. The Balaban J connectivity index is 1.56. The molecule has 2 amide bonds. The third-order valence-electron chi connectivity index (χ3n) is 8.43. The summed E-state index contributed by atoms with van der Waals surface area (Å²) in [5, 5.41) is 4.38. The largest absolute Gasteiger partial charge is 0.462 e. The molecule has 6 nitrogen and oxygen atoms in total. The van der Waals surface area contributed by atoms with Gasteiger partial charge in [0.05, 0.1) is 0 Å². The second kappa shape index (κ2) is 6.89. The maximum absolute atomic E-state index is 11.4. The van der Waals surface area contributed by atoms with E-state index in [0.717, 1.165) is 50.7 Å². The van der Waals surface area contributed by atoms with Crippen molar-refractivity contribution < 1.29 is 14.3 Å². The number of hydrazone groups is 1. The second-order valence-electron chi connectivity index (χ2n) is 9.76. The van der Waals surface area contributed by atoms with Crippen molar-refractivity contribution in [2.24, 2.45) is 39.4 Å². The Bertz CT molecular complexity index is 745. The van der Waals surface area contributed by atoms with Crippen LogP contribution in [0.1, 0.15) is 72.1 Å². The van der Waals surface area contributed by atoms with Crippen molar-refractivity contribution in [3.8, 4) is 0 Å².